The number of hydrogen-bond donors (Lipinski definition) is 1. The molecule has 4 heterocycles. The lowest BCUT2D eigenvalue weighted by Crippen LogP contribution is -2.53. The van der Waals surface area contributed by atoms with Gasteiger partial charge in [0.1, 0.15) is 22.3 Å². The van der Waals surface area contributed by atoms with Crippen molar-refractivity contribution in [3.63, 3.8) is 0 Å². The zero-order valence-electron chi connectivity index (χ0n) is 29.9. The van der Waals surface area contributed by atoms with Crippen LogP contribution in [0.15, 0.2) is 79.1 Å². The Kier molecular flexibility index (Phi) is 14.1. The number of fused-ring (bicyclic) bond motifs is 3. The first kappa shape index (κ1) is 41.0. The number of ether oxygens (including phenoxy) is 4. The Hall–Kier alpha value is -5.18. The van der Waals surface area contributed by atoms with Crippen LogP contribution in [0.2, 0.25) is 10.0 Å². The third-order valence-electron chi connectivity index (χ3n) is 9.51. The maximum atomic E-state index is 13.7. The molecule has 3 fully saturated rings. The molecule has 1 amide bonds. The fourth-order valence-corrected chi connectivity index (χ4v) is 7.24. The fourth-order valence-electron chi connectivity index (χ4n) is 6.64. The van der Waals surface area contributed by atoms with Gasteiger partial charge in [0.2, 0.25) is 0 Å². The van der Waals surface area contributed by atoms with Crippen LogP contribution in [0.1, 0.15) is 58.0 Å². The maximum Gasteiger partial charge on any atom is 0.414 e. The van der Waals surface area contributed by atoms with E-state index in [2.05, 4.69) is 4.90 Å². The number of aromatic nitrogens is 1. The summed E-state index contributed by atoms with van der Waals surface area (Å²) >= 11 is 12.8. The molecule has 1 N–H and O–H groups in total. The number of carbonyl (C=O) groups is 3. The SMILES string of the molecule is COc1ccc(C(Cc2c(Cl)c[n+]([O-])cc2Cl)OC(=O)c2ccc(CN(C(=O)O[C@H]3CN4CCC3CC4)c3cccc(C(F)F)c3)cc2)cc1OC.O=CO. The van der Waals surface area contributed by atoms with E-state index in [0.717, 1.165) is 38.3 Å². The highest BCUT2D eigenvalue weighted by Gasteiger charge is 2.37. The number of rotatable bonds is 12. The molecule has 2 atom stereocenters. The van der Waals surface area contributed by atoms with E-state index in [9.17, 15) is 23.6 Å². The van der Waals surface area contributed by atoms with Gasteiger partial charge in [-0.05, 0) is 79.4 Å². The Morgan fingerprint density at radius 2 is 1.64 bits per heavy atom. The van der Waals surface area contributed by atoms with Crippen molar-refractivity contribution < 1.29 is 51.9 Å². The first-order valence-electron chi connectivity index (χ1n) is 17.2. The van der Waals surface area contributed by atoms with E-state index in [0.29, 0.717) is 39.5 Å². The number of nitrogens with zero attached hydrogens (tertiary/aromatic N) is 3. The van der Waals surface area contributed by atoms with Gasteiger partial charge < -0.3 is 29.3 Å². The number of piperidine rings is 3. The largest absolute Gasteiger partial charge is 0.619 e. The monoisotopic (exact) mass is 801 g/mol. The zero-order valence-corrected chi connectivity index (χ0v) is 31.4. The molecule has 0 aliphatic carbocycles. The van der Waals surface area contributed by atoms with Gasteiger partial charge in [0.25, 0.3) is 12.9 Å². The Balaban J connectivity index is 0.00000187. The summed E-state index contributed by atoms with van der Waals surface area (Å²) < 4.78 is 50.6. The smallest absolute Gasteiger partial charge is 0.414 e. The fraction of sp³-hybridized carbons (Fsp3) is 0.333. The third kappa shape index (κ3) is 10.3. The molecule has 12 nitrogen and oxygen atoms in total. The van der Waals surface area contributed by atoms with E-state index >= 15 is 0 Å². The van der Waals surface area contributed by atoms with Gasteiger partial charge in [-0.15, -0.1) is 0 Å². The minimum Gasteiger partial charge on any atom is -0.619 e. The van der Waals surface area contributed by atoms with Gasteiger partial charge in [0.15, 0.2) is 23.9 Å². The molecule has 1 unspecified atom stereocenters. The minimum absolute atomic E-state index is 0.000933. The normalized spacial score (nSPS) is 17.7. The second-order valence-electron chi connectivity index (χ2n) is 12.8. The van der Waals surface area contributed by atoms with Crippen molar-refractivity contribution in [3.05, 3.63) is 122 Å². The number of hydrogen-bond acceptors (Lipinski definition) is 9. The highest BCUT2D eigenvalue weighted by molar-refractivity contribution is 6.35. The van der Waals surface area contributed by atoms with Crippen LogP contribution in [0, 0.1) is 11.1 Å². The number of methoxy groups -OCH3 is 2. The molecule has 7 rings (SSSR count). The Bertz CT molecular complexity index is 1940. The van der Waals surface area contributed by atoms with E-state index in [1.165, 1.54) is 37.3 Å². The van der Waals surface area contributed by atoms with Crippen molar-refractivity contribution in [3.8, 4) is 11.5 Å². The molecule has 3 saturated heterocycles. The maximum absolute atomic E-state index is 13.7. The molecular formula is C39H39Cl2F2N3O9. The highest BCUT2D eigenvalue weighted by atomic mass is 35.5. The van der Waals surface area contributed by atoms with Gasteiger partial charge in [-0.3, -0.25) is 14.6 Å². The summed E-state index contributed by atoms with van der Waals surface area (Å²) in [5.41, 5.74) is 1.83. The zero-order chi connectivity index (χ0) is 39.6. The number of anilines is 1. The lowest BCUT2D eigenvalue weighted by molar-refractivity contribution is -0.605. The molecule has 0 radical (unpaired) electrons. The molecule has 16 heteroatoms. The van der Waals surface area contributed by atoms with Crippen molar-refractivity contribution in [2.24, 2.45) is 5.92 Å². The predicted octanol–water partition coefficient (Wildman–Crippen LogP) is 7.66. The second kappa shape index (κ2) is 18.9. The number of esters is 1. The van der Waals surface area contributed by atoms with Crippen molar-refractivity contribution in [2.45, 2.75) is 44.4 Å². The van der Waals surface area contributed by atoms with Crippen LogP contribution >= 0.6 is 23.2 Å². The van der Waals surface area contributed by atoms with Crippen LogP contribution in [0.5, 0.6) is 11.5 Å². The number of carboxylic acid groups (broad SMARTS) is 1. The lowest BCUT2D eigenvalue weighted by atomic mass is 9.86. The molecule has 3 aliphatic heterocycles. The molecule has 1 aromatic heterocycles. The number of pyridine rings is 1. The molecule has 2 bridgehead atoms. The van der Waals surface area contributed by atoms with Gasteiger partial charge in [-0.1, -0.05) is 53.5 Å². The average molecular weight is 803 g/mol. The molecule has 292 valence electrons. The molecule has 0 spiro atoms. The highest BCUT2D eigenvalue weighted by Crippen LogP contribution is 2.36. The van der Waals surface area contributed by atoms with E-state index < -0.39 is 24.6 Å². The Labute approximate surface area is 326 Å². The summed E-state index contributed by atoms with van der Waals surface area (Å²) in [4.78, 5) is 39.2. The van der Waals surface area contributed by atoms with Crippen LogP contribution in [0.25, 0.3) is 0 Å². The summed E-state index contributed by atoms with van der Waals surface area (Å²) in [5, 5.41) is 19.0. The summed E-state index contributed by atoms with van der Waals surface area (Å²) in [6, 6.07) is 17.1. The van der Waals surface area contributed by atoms with Gasteiger partial charge in [-0.25, -0.2) is 18.4 Å². The second-order valence-corrected chi connectivity index (χ2v) is 13.7. The van der Waals surface area contributed by atoms with E-state index in [-0.39, 0.29) is 58.3 Å². The Morgan fingerprint density at radius 3 is 2.22 bits per heavy atom. The van der Waals surface area contributed by atoms with Gasteiger partial charge in [0, 0.05) is 29.8 Å². The molecular weight excluding hydrogens is 763 g/mol. The van der Waals surface area contributed by atoms with Gasteiger partial charge in [0.05, 0.1) is 26.3 Å². The van der Waals surface area contributed by atoms with E-state index in [1.54, 1.807) is 48.5 Å². The molecule has 4 aromatic rings. The van der Waals surface area contributed by atoms with Gasteiger partial charge in [-0.2, -0.15) is 4.73 Å². The topological polar surface area (TPSA) is 142 Å². The van der Waals surface area contributed by atoms with Crippen molar-refractivity contribution in [1.82, 2.24) is 4.90 Å². The predicted molar refractivity (Wildman–Crippen MR) is 199 cm³/mol. The third-order valence-corrected chi connectivity index (χ3v) is 10.2. The van der Waals surface area contributed by atoms with Crippen molar-refractivity contribution in [2.75, 3.05) is 38.8 Å². The first-order valence-corrected chi connectivity index (χ1v) is 17.9. The first-order chi connectivity index (χ1) is 26.4. The summed E-state index contributed by atoms with van der Waals surface area (Å²) in [7, 11) is 2.98. The molecule has 3 aromatic carbocycles. The minimum atomic E-state index is -2.72. The van der Waals surface area contributed by atoms with Crippen molar-refractivity contribution >= 4 is 47.4 Å². The van der Waals surface area contributed by atoms with Gasteiger partial charge >= 0.3 is 12.1 Å². The molecule has 0 saturated carbocycles. The lowest BCUT2D eigenvalue weighted by Gasteiger charge is -2.44. The number of halogens is 4. The van der Waals surface area contributed by atoms with Crippen LogP contribution in [0.4, 0.5) is 19.3 Å². The van der Waals surface area contributed by atoms with Crippen molar-refractivity contribution in [1.29, 1.82) is 0 Å². The summed E-state index contributed by atoms with van der Waals surface area (Å²) in [5.74, 6) is 0.464. The van der Waals surface area contributed by atoms with E-state index in [1.807, 2.05) is 0 Å². The average Bonchev–Trinajstić information content (AvgIpc) is 3.18. The number of alkyl halides is 2. The Morgan fingerprint density at radius 1 is 0.982 bits per heavy atom. The quantitative estimate of drug-likeness (QED) is 0.0657. The van der Waals surface area contributed by atoms with E-state index in [4.69, 9.17) is 52.1 Å². The molecule has 3 aliphatic rings. The number of carbonyl (C=O) groups excluding carboxylic acids is 2. The van der Waals surface area contributed by atoms with Crippen LogP contribution in [-0.2, 0) is 27.2 Å². The standard InChI is InChI=1S/C38H37Cl2F2N3O7.CH2O2/c1-49-32-11-10-26(17-34(32)50-2)33(18-29-30(39)20-44(48)21-31(29)40)51-37(46)25-8-6-23(7-9-25)19-45(28-5-3-4-27(16-28)36(41)42)38(47)52-35-22-43-14-12-24(35)13-15-43;2-1-3/h3-11,16-17,20-21,24,33,35-36H,12-15,18-19,22H2,1-2H3;1H,(H,2,3)/t33?,35-;/m0./s1. The summed E-state index contributed by atoms with van der Waals surface area (Å²) in [6.45, 7) is 2.33. The van der Waals surface area contributed by atoms with Crippen LogP contribution < -0.4 is 19.1 Å². The van der Waals surface area contributed by atoms with Crippen LogP contribution in [0.3, 0.4) is 0 Å². The van der Waals surface area contributed by atoms with Crippen LogP contribution in [-0.4, -0.2) is 68.5 Å². The summed E-state index contributed by atoms with van der Waals surface area (Å²) in [6.07, 6.45) is -0.312. The molecule has 55 heavy (non-hydrogen) atoms. The number of amides is 1. The number of benzene rings is 3.